The van der Waals surface area contributed by atoms with Gasteiger partial charge < -0.3 is 9.14 Å². The number of aromatic nitrogens is 2. The average molecular weight is 178 g/mol. The first-order valence-electron chi connectivity index (χ1n) is 4.38. The van der Waals surface area contributed by atoms with Gasteiger partial charge in [0.15, 0.2) is 0 Å². The maximum Gasteiger partial charge on any atom is 0.232 e. The Kier molecular flexibility index (Phi) is 3.31. The minimum Gasteiger partial charge on any atom is -0.480 e. The number of imidazole rings is 1. The molecule has 2 aromatic rings. The first-order valence-corrected chi connectivity index (χ1v) is 4.38. The second kappa shape index (κ2) is 4.50. The van der Waals surface area contributed by atoms with E-state index < -0.39 is 0 Å². The second-order valence-corrected chi connectivity index (χ2v) is 2.25. The van der Waals surface area contributed by atoms with Crippen molar-refractivity contribution in [3.8, 4) is 5.88 Å². The molecule has 0 bridgehead atoms. The molecule has 13 heavy (non-hydrogen) atoms. The Bertz CT molecular complexity index is 335. The zero-order chi connectivity index (χ0) is 9.68. The van der Waals surface area contributed by atoms with Gasteiger partial charge in [0.05, 0.1) is 13.3 Å². The topological polar surface area (TPSA) is 26.5 Å². The second-order valence-electron chi connectivity index (χ2n) is 2.25. The predicted molar refractivity (Wildman–Crippen MR) is 53.1 cm³/mol. The van der Waals surface area contributed by atoms with Gasteiger partial charge in [-0.2, -0.15) is 4.98 Å². The fourth-order valence-electron chi connectivity index (χ4n) is 1.01. The molecule has 70 valence electrons. The molecule has 0 fully saturated rings. The highest BCUT2D eigenvalue weighted by molar-refractivity contribution is 5.40. The molecular weight excluding hydrogens is 164 g/mol. The minimum atomic E-state index is 0.649. The van der Waals surface area contributed by atoms with Crippen LogP contribution in [0.4, 0.5) is 0 Å². The summed E-state index contributed by atoms with van der Waals surface area (Å²) in [6.07, 6.45) is 3.78. The van der Waals surface area contributed by atoms with E-state index in [2.05, 4.69) is 4.98 Å². The van der Waals surface area contributed by atoms with Crippen LogP contribution < -0.4 is 4.74 Å². The fourth-order valence-corrected chi connectivity index (χ4v) is 1.01. The maximum absolute atomic E-state index is 4.97. The zero-order valence-corrected chi connectivity index (χ0v) is 8.19. The van der Waals surface area contributed by atoms with Crippen LogP contribution in [0, 0.1) is 0 Å². The molecule has 3 heteroatoms. The summed E-state index contributed by atoms with van der Waals surface area (Å²) >= 11 is 0. The van der Waals surface area contributed by atoms with Gasteiger partial charge in [-0.25, -0.2) is 0 Å². The van der Waals surface area contributed by atoms with Gasteiger partial charge >= 0.3 is 0 Å². The van der Waals surface area contributed by atoms with E-state index >= 15 is 0 Å². The first-order chi connectivity index (χ1) is 6.40. The number of nitrogens with zero attached hydrogens (tertiary/aromatic N) is 2. The summed E-state index contributed by atoms with van der Waals surface area (Å²) in [5.41, 5.74) is 0.907. The van der Waals surface area contributed by atoms with E-state index in [-0.39, 0.29) is 0 Å². The standard InChI is InChI=1S/C8H8N2O.C2H6/c1-11-8-6-10-5-3-2-4-7(10)9-8;1-2/h2-6H,1H3;1-2H3. The van der Waals surface area contributed by atoms with Crippen molar-refractivity contribution >= 4 is 5.65 Å². The largest absolute Gasteiger partial charge is 0.480 e. The molecule has 0 atom stereocenters. The highest BCUT2D eigenvalue weighted by Gasteiger charge is 1.97. The number of fused-ring (bicyclic) bond motifs is 1. The third-order valence-corrected chi connectivity index (χ3v) is 1.55. The van der Waals surface area contributed by atoms with Crippen molar-refractivity contribution in [2.24, 2.45) is 0 Å². The molecule has 0 aromatic carbocycles. The maximum atomic E-state index is 4.97. The van der Waals surface area contributed by atoms with Gasteiger partial charge in [-0.1, -0.05) is 19.9 Å². The molecule has 2 rings (SSSR count). The molecule has 0 N–H and O–H groups in total. The lowest BCUT2D eigenvalue weighted by molar-refractivity contribution is 0.400. The van der Waals surface area contributed by atoms with Crippen molar-refractivity contribution in [1.29, 1.82) is 0 Å². The van der Waals surface area contributed by atoms with Crippen LogP contribution in [0.5, 0.6) is 5.88 Å². The molecule has 0 unspecified atom stereocenters. The van der Waals surface area contributed by atoms with Gasteiger partial charge in [-0.15, -0.1) is 0 Å². The molecule has 3 nitrogen and oxygen atoms in total. The quantitative estimate of drug-likeness (QED) is 0.670. The van der Waals surface area contributed by atoms with Gasteiger partial charge in [0.1, 0.15) is 5.65 Å². The highest BCUT2D eigenvalue weighted by atomic mass is 16.5. The van der Waals surface area contributed by atoms with Gasteiger partial charge in [0.2, 0.25) is 5.88 Å². The SMILES string of the molecule is CC.COc1cn2ccccc2n1. The van der Waals surface area contributed by atoms with Gasteiger partial charge in [0, 0.05) is 6.20 Å². The number of hydrogen-bond donors (Lipinski definition) is 0. The monoisotopic (exact) mass is 178 g/mol. The van der Waals surface area contributed by atoms with Crippen LogP contribution in [0.1, 0.15) is 13.8 Å². The molecule has 0 spiro atoms. The molecular formula is C10H14N2O. The van der Waals surface area contributed by atoms with Crippen LogP contribution in [0.2, 0.25) is 0 Å². The van der Waals surface area contributed by atoms with Crippen molar-refractivity contribution in [3.63, 3.8) is 0 Å². The number of pyridine rings is 1. The smallest absolute Gasteiger partial charge is 0.232 e. The van der Waals surface area contributed by atoms with Gasteiger partial charge in [0.25, 0.3) is 0 Å². The molecule has 2 heterocycles. The third-order valence-electron chi connectivity index (χ3n) is 1.55. The van der Waals surface area contributed by atoms with E-state index in [1.54, 1.807) is 7.11 Å². The van der Waals surface area contributed by atoms with E-state index in [4.69, 9.17) is 4.74 Å². The number of rotatable bonds is 1. The lowest BCUT2D eigenvalue weighted by Gasteiger charge is -1.86. The number of ether oxygens (including phenoxy) is 1. The van der Waals surface area contributed by atoms with Crippen molar-refractivity contribution in [2.45, 2.75) is 13.8 Å². The first kappa shape index (κ1) is 9.58. The van der Waals surface area contributed by atoms with Crippen LogP contribution in [0.25, 0.3) is 5.65 Å². The summed E-state index contributed by atoms with van der Waals surface area (Å²) in [5.74, 6) is 0.649. The predicted octanol–water partition coefficient (Wildman–Crippen LogP) is 2.37. The molecule has 0 aliphatic heterocycles. The lowest BCUT2D eigenvalue weighted by Crippen LogP contribution is -1.79. The van der Waals surface area contributed by atoms with Crippen LogP contribution in [0.3, 0.4) is 0 Å². The Morgan fingerprint density at radius 1 is 1.31 bits per heavy atom. The summed E-state index contributed by atoms with van der Waals surface area (Å²) < 4.78 is 6.88. The summed E-state index contributed by atoms with van der Waals surface area (Å²) in [6, 6.07) is 5.83. The van der Waals surface area contributed by atoms with Crippen molar-refractivity contribution in [3.05, 3.63) is 30.6 Å². The summed E-state index contributed by atoms with van der Waals surface area (Å²) in [5, 5.41) is 0. The van der Waals surface area contributed by atoms with Crippen molar-refractivity contribution in [2.75, 3.05) is 7.11 Å². The van der Waals surface area contributed by atoms with E-state index in [9.17, 15) is 0 Å². The molecule has 0 aliphatic rings. The van der Waals surface area contributed by atoms with Crippen LogP contribution in [-0.4, -0.2) is 16.5 Å². The van der Waals surface area contributed by atoms with E-state index in [1.807, 2.05) is 48.8 Å². The van der Waals surface area contributed by atoms with Gasteiger partial charge in [-0.05, 0) is 12.1 Å². The Morgan fingerprint density at radius 2 is 2.08 bits per heavy atom. The van der Waals surface area contributed by atoms with Crippen molar-refractivity contribution in [1.82, 2.24) is 9.38 Å². The van der Waals surface area contributed by atoms with E-state index in [0.29, 0.717) is 5.88 Å². The molecule has 0 aliphatic carbocycles. The van der Waals surface area contributed by atoms with E-state index in [0.717, 1.165) is 5.65 Å². The van der Waals surface area contributed by atoms with Crippen LogP contribution >= 0.6 is 0 Å². The third kappa shape index (κ3) is 1.99. The lowest BCUT2D eigenvalue weighted by atomic mass is 10.5. The molecule has 0 amide bonds. The van der Waals surface area contributed by atoms with Crippen molar-refractivity contribution < 1.29 is 4.74 Å². The number of hydrogen-bond acceptors (Lipinski definition) is 2. The summed E-state index contributed by atoms with van der Waals surface area (Å²) in [7, 11) is 1.61. The van der Waals surface area contributed by atoms with Gasteiger partial charge in [-0.3, -0.25) is 0 Å². The van der Waals surface area contributed by atoms with Crippen LogP contribution in [-0.2, 0) is 0 Å². The minimum absolute atomic E-state index is 0.649. The average Bonchev–Trinajstić information content (AvgIpc) is 2.63. The molecule has 0 saturated carbocycles. The van der Waals surface area contributed by atoms with Crippen LogP contribution in [0.15, 0.2) is 30.6 Å². The fraction of sp³-hybridized carbons (Fsp3) is 0.300. The Balaban J connectivity index is 0.000000396. The Labute approximate surface area is 78.0 Å². The molecule has 2 aromatic heterocycles. The van der Waals surface area contributed by atoms with E-state index in [1.165, 1.54) is 0 Å². The molecule has 0 radical (unpaired) electrons. The zero-order valence-electron chi connectivity index (χ0n) is 8.19. The molecule has 0 saturated heterocycles. The summed E-state index contributed by atoms with van der Waals surface area (Å²) in [6.45, 7) is 4.00. The Morgan fingerprint density at radius 3 is 2.69 bits per heavy atom. The normalized spacial score (nSPS) is 9.15. The summed E-state index contributed by atoms with van der Waals surface area (Å²) in [4.78, 5) is 4.17. The Hall–Kier alpha value is -1.51. The highest BCUT2D eigenvalue weighted by Crippen LogP contribution is 2.09. The number of methoxy groups -OCH3 is 1.